The number of benzene rings is 1. The summed E-state index contributed by atoms with van der Waals surface area (Å²) in [4.78, 5) is 3.25. The van der Waals surface area contributed by atoms with Crippen LogP contribution in [-0.2, 0) is 6.54 Å². The van der Waals surface area contributed by atoms with Gasteiger partial charge in [-0.05, 0) is 36.7 Å². The third kappa shape index (κ3) is 3.21. The van der Waals surface area contributed by atoms with E-state index in [-0.39, 0.29) is 0 Å². The van der Waals surface area contributed by atoms with Crippen LogP contribution in [0.3, 0.4) is 0 Å². The van der Waals surface area contributed by atoms with Crippen LogP contribution in [0, 0.1) is 10.7 Å². The Morgan fingerprint density at radius 2 is 2.16 bits per heavy atom. The van der Waals surface area contributed by atoms with Crippen molar-refractivity contribution in [2.45, 2.75) is 46.1 Å². The maximum Gasteiger partial charge on any atom is 0.178 e. The van der Waals surface area contributed by atoms with Crippen molar-refractivity contribution in [3.8, 4) is 0 Å². The van der Waals surface area contributed by atoms with Gasteiger partial charge in [-0.25, -0.2) is 0 Å². The molecule has 4 heteroatoms. The lowest BCUT2D eigenvalue weighted by Gasteiger charge is -2.16. The van der Waals surface area contributed by atoms with Crippen molar-refractivity contribution in [1.82, 2.24) is 9.55 Å². The number of imidazole rings is 1. The summed E-state index contributed by atoms with van der Waals surface area (Å²) in [5.41, 5.74) is 2.08. The van der Waals surface area contributed by atoms with Crippen LogP contribution in [-0.4, -0.2) is 9.55 Å². The molecule has 2 nitrogen and oxygen atoms in total. The van der Waals surface area contributed by atoms with Gasteiger partial charge in [0, 0.05) is 6.54 Å². The fourth-order valence-electron chi connectivity index (χ4n) is 2.52. The number of hydrogen-bond acceptors (Lipinski definition) is 1. The highest BCUT2D eigenvalue weighted by Crippen LogP contribution is 2.25. The molecule has 0 saturated heterocycles. The zero-order valence-corrected chi connectivity index (χ0v) is 13.2. The molecule has 0 radical (unpaired) electrons. The minimum absolute atomic E-state index is 0.668. The summed E-state index contributed by atoms with van der Waals surface area (Å²) in [7, 11) is 0. The first-order valence-corrected chi connectivity index (χ1v) is 7.83. The van der Waals surface area contributed by atoms with Gasteiger partial charge in [0.15, 0.2) is 4.77 Å². The number of para-hydroxylation sites is 1. The highest BCUT2D eigenvalue weighted by atomic mass is 35.5. The van der Waals surface area contributed by atoms with Crippen molar-refractivity contribution in [3.05, 3.63) is 28.0 Å². The summed E-state index contributed by atoms with van der Waals surface area (Å²) < 4.78 is 2.94. The van der Waals surface area contributed by atoms with Gasteiger partial charge in [0.2, 0.25) is 0 Å². The van der Waals surface area contributed by atoms with Gasteiger partial charge in [0.1, 0.15) is 0 Å². The lowest BCUT2D eigenvalue weighted by Crippen LogP contribution is -2.10. The lowest BCUT2D eigenvalue weighted by molar-refractivity contribution is 0.393. The van der Waals surface area contributed by atoms with Crippen LogP contribution >= 0.6 is 23.8 Å². The number of hydrogen-bond donors (Lipinski definition) is 1. The predicted molar refractivity (Wildman–Crippen MR) is 85.4 cm³/mol. The normalized spacial score (nSPS) is 13.0. The van der Waals surface area contributed by atoms with Crippen molar-refractivity contribution < 1.29 is 0 Å². The van der Waals surface area contributed by atoms with Crippen LogP contribution in [0.2, 0.25) is 5.02 Å². The van der Waals surface area contributed by atoms with Gasteiger partial charge in [-0.2, -0.15) is 0 Å². The van der Waals surface area contributed by atoms with E-state index in [1.807, 2.05) is 18.2 Å². The van der Waals surface area contributed by atoms with E-state index in [4.69, 9.17) is 23.8 Å². The van der Waals surface area contributed by atoms with E-state index in [0.29, 0.717) is 5.92 Å². The Morgan fingerprint density at radius 1 is 1.37 bits per heavy atom. The average molecular weight is 297 g/mol. The van der Waals surface area contributed by atoms with E-state index in [9.17, 15) is 0 Å². The quantitative estimate of drug-likeness (QED) is 0.691. The predicted octanol–water partition coefficient (Wildman–Crippen LogP) is 5.57. The highest BCUT2D eigenvalue weighted by molar-refractivity contribution is 7.71. The van der Waals surface area contributed by atoms with Crippen LogP contribution in [0.5, 0.6) is 0 Å². The number of nitrogens with zero attached hydrogens (tertiary/aromatic N) is 1. The third-order valence-corrected chi connectivity index (χ3v) is 4.35. The van der Waals surface area contributed by atoms with Gasteiger partial charge in [0.05, 0.1) is 16.1 Å². The zero-order chi connectivity index (χ0) is 13.8. The van der Waals surface area contributed by atoms with E-state index >= 15 is 0 Å². The van der Waals surface area contributed by atoms with Gasteiger partial charge in [-0.1, -0.05) is 50.8 Å². The first-order valence-electron chi connectivity index (χ1n) is 7.04. The molecule has 1 heterocycles. The smallest absolute Gasteiger partial charge is 0.178 e. The average Bonchev–Trinajstić information content (AvgIpc) is 2.72. The van der Waals surface area contributed by atoms with Gasteiger partial charge < -0.3 is 9.55 Å². The van der Waals surface area contributed by atoms with Crippen molar-refractivity contribution in [3.63, 3.8) is 0 Å². The second-order valence-electron chi connectivity index (χ2n) is 5.09. The number of aromatic amines is 1. The molecular formula is C15H21ClN2S. The van der Waals surface area contributed by atoms with Crippen LogP contribution < -0.4 is 0 Å². The summed E-state index contributed by atoms with van der Waals surface area (Å²) in [5, 5.41) is 0.773. The Hall–Kier alpha value is -0.800. The van der Waals surface area contributed by atoms with Crippen molar-refractivity contribution >= 4 is 34.9 Å². The lowest BCUT2D eigenvalue weighted by atomic mass is 9.99. The molecule has 0 aliphatic heterocycles. The van der Waals surface area contributed by atoms with Crippen molar-refractivity contribution in [2.24, 2.45) is 5.92 Å². The number of unbranched alkanes of at least 4 members (excludes halogenated alkanes) is 1. The molecule has 1 atom stereocenters. The van der Waals surface area contributed by atoms with Crippen molar-refractivity contribution in [2.75, 3.05) is 0 Å². The topological polar surface area (TPSA) is 20.7 Å². The Bertz CT molecular complexity index is 600. The van der Waals surface area contributed by atoms with Gasteiger partial charge in [0.25, 0.3) is 0 Å². The number of fused-ring (bicyclic) bond motifs is 1. The van der Waals surface area contributed by atoms with E-state index in [1.54, 1.807) is 0 Å². The number of H-pyrrole nitrogens is 1. The summed E-state index contributed by atoms with van der Waals surface area (Å²) in [5.74, 6) is 0.668. The molecule has 1 unspecified atom stereocenters. The number of halogens is 1. The zero-order valence-electron chi connectivity index (χ0n) is 11.6. The molecule has 0 fully saturated rings. The SMILES string of the molecule is CCCCC(CC)Cn1c(=S)[nH]c2cccc(Cl)c21. The maximum absolute atomic E-state index is 6.32. The second-order valence-corrected chi connectivity index (χ2v) is 5.89. The monoisotopic (exact) mass is 296 g/mol. The van der Waals surface area contributed by atoms with Crippen molar-refractivity contribution in [1.29, 1.82) is 0 Å². The Kier molecular flexibility index (Phi) is 5.06. The van der Waals surface area contributed by atoms with E-state index in [0.717, 1.165) is 27.4 Å². The number of aromatic nitrogens is 2. The fourth-order valence-corrected chi connectivity index (χ4v) is 3.08. The molecule has 2 aromatic rings. The molecule has 0 aliphatic carbocycles. The molecule has 0 spiro atoms. The molecule has 2 rings (SSSR count). The Labute approximate surface area is 124 Å². The van der Waals surface area contributed by atoms with Gasteiger partial charge >= 0.3 is 0 Å². The van der Waals surface area contributed by atoms with Gasteiger partial charge in [-0.15, -0.1) is 0 Å². The number of rotatable bonds is 6. The molecule has 0 saturated carbocycles. The largest absolute Gasteiger partial charge is 0.331 e. The van der Waals surface area contributed by atoms with E-state index < -0.39 is 0 Å². The molecule has 1 aromatic heterocycles. The van der Waals surface area contributed by atoms with E-state index in [2.05, 4.69) is 23.4 Å². The molecule has 104 valence electrons. The van der Waals surface area contributed by atoms with Gasteiger partial charge in [-0.3, -0.25) is 0 Å². The van der Waals surface area contributed by atoms with Crippen LogP contribution in [0.1, 0.15) is 39.5 Å². The first-order chi connectivity index (χ1) is 9.17. The summed E-state index contributed by atoms with van der Waals surface area (Å²) >= 11 is 11.8. The number of nitrogens with one attached hydrogen (secondary N) is 1. The van der Waals surface area contributed by atoms with E-state index in [1.165, 1.54) is 25.7 Å². The Morgan fingerprint density at radius 3 is 2.84 bits per heavy atom. The molecule has 0 aliphatic rings. The summed E-state index contributed by atoms with van der Waals surface area (Å²) in [6.07, 6.45) is 4.96. The minimum Gasteiger partial charge on any atom is -0.331 e. The summed E-state index contributed by atoms with van der Waals surface area (Å²) in [6, 6.07) is 5.91. The highest BCUT2D eigenvalue weighted by Gasteiger charge is 2.12. The third-order valence-electron chi connectivity index (χ3n) is 3.73. The molecule has 0 amide bonds. The second kappa shape index (κ2) is 6.58. The standard InChI is InChI=1S/C15H21ClN2S/c1-3-5-7-11(4-2)10-18-14-12(16)8-6-9-13(14)17-15(18)19/h6,8-9,11H,3-5,7,10H2,1-2H3,(H,17,19). The minimum atomic E-state index is 0.668. The van der Waals surface area contributed by atoms with Crippen LogP contribution in [0.4, 0.5) is 0 Å². The summed E-state index contributed by atoms with van der Waals surface area (Å²) in [6.45, 7) is 5.44. The van der Waals surface area contributed by atoms with Crippen LogP contribution in [0.15, 0.2) is 18.2 Å². The molecule has 0 bridgehead atoms. The molecule has 1 N–H and O–H groups in total. The molecular weight excluding hydrogens is 276 g/mol. The Balaban J connectivity index is 2.34. The fraction of sp³-hybridized carbons (Fsp3) is 0.533. The van der Waals surface area contributed by atoms with Crippen LogP contribution in [0.25, 0.3) is 11.0 Å². The first kappa shape index (κ1) is 14.6. The maximum atomic E-state index is 6.32. The molecule has 1 aromatic carbocycles. The molecule has 19 heavy (non-hydrogen) atoms.